The molecule has 0 radical (unpaired) electrons. The maximum absolute atomic E-state index is 10.9. The standard InChI is InChI=1S/C14H19NO2/c16-14(17)12-7-6-8-13(11-12)15-9-4-2-1-3-5-10-15/h6-8,11H,1-5,9-10H2,(H,16,17). The lowest BCUT2D eigenvalue weighted by Gasteiger charge is -2.27. The Morgan fingerprint density at radius 2 is 1.71 bits per heavy atom. The fourth-order valence-electron chi connectivity index (χ4n) is 2.34. The van der Waals surface area contributed by atoms with E-state index in [2.05, 4.69) is 4.90 Å². The van der Waals surface area contributed by atoms with Crippen molar-refractivity contribution in [1.82, 2.24) is 0 Å². The van der Waals surface area contributed by atoms with Crippen LogP contribution in [0.15, 0.2) is 24.3 Å². The van der Waals surface area contributed by atoms with Crippen LogP contribution in [0.1, 0.15) is 42.5 Å². The first-order chi connectivity index (χ1) is 8.27. The number of hydrogen-bond donors (Lipinski definition) is 1. The molecule has 3 nitrogen and oxygen atoms in total. The fourth-order valence-corrected chi connectivity index (χ4v) is 2.34. The van der Waals surface area contributed by atoms with Gasteiger partial charge in [0, 0.05) is 18.8 Å². The molecule has 1 aromatic rings. The van der Waals surface area contributed by atoms with Crippen LogP contribution in [0.4, 0.5) is 5.69 Å². The number of aromatic carboxylic acids is 1. The van der Waals surface area contributed by atoms with E-state index in [0.29, 0.717) is 5.56 Å². The van der Waals surface area contributed by atoms with Crippen LogP contribution >= 0.6 is 0 Å². The zero-order chi connectivity index (χ0) is 12.1. The lowest BCUT2D eigenvalue weighted by atomic mass is 10.1. The summed E-state index contributed by atoms with van der Waals surface area (Å²) in [7, 11) is 0. The van der Waals surface area contributed by atoms with Crippen LogP contribution in [0, 0.1) is 0 Å². The Hall–Kier alpha value is -1.51. The van der Waals surface area contributed by atoms with Gasteiger partial charge in [0.1, 0.15) is 0 Å². The summed E-state index contributed by atoms with van der Waals surface area (Å²) >= 11 is 0. The van der Waals surface area contributed by atoms with E-state index in [0.717, 1.165) is 18.8 Å². The number of carboxylic acid groups (broad SMARTS) is 1. The van der Waals surface area contributed by atoms with Gasteiger partial charge in [-0.25, -0.2) is 4.79 Å². The summed E-state index contributed by atoms with van der Waals surface area (Å²) in [6, 6.07) is 7.27. The maximum Gasteiger partial charge on any atom is 0.335 e. The van der Waals surface area contributed by atoms with Crippen LogP contribution in [-0.2, 0) is 0 Å². The summed E-state index contributed by atoms with van der Waals surface area (Å²) in [6.07, 6.45) is 6.32. The summed E-state index contributed by atoms with van der Waals surface area (Å²) in [6.45, 7) is 2.09. The molecule has 0 aromatic heterocycles. The van der Waals surface area contributed by atoms with Crippen molar-refractivity contribution in [1.29, 1.82) is 0 Å². The molecule has 92 valence electrons. The van der Waals surface area contributed by atoms with Gasteiger partial charge in [0.25, 0.3) is 0 Å². The van der Waals surface area contributed by atoms with Gasteiger partial charge in [-0.15, -0.1) is 0 Å². The van der Waals surface area contributed by atoms with Gasteiger partial charge < -0.3 is 10.0 Å². The Labute approximate surface area is 102 Å². The van der Waals surface area contributed by atoms with Gasteiger partial charge in [0.05, 0.1) is 5.56 Å². The minimum atomic E-state index is -0.848. The number of carboxylic acids is 1. The van der Waals surface area contributed by atoms with Crippen LogP contribution in [0.25, 0.3) is 0 Å². The fraction of sp³-hybridized carbons (Fsp3) is 0.500. The molecule has 2 rings (SSSR count). The van der Waals surface area contributed by atoms with Crippen molar-refractivity contribution in [3.63, 3.8) is 0 Å². The number of hydrogen-bond acceptors (Lipinski definition) is 2. The van der Waals surface area contributed by atoms with Gasteiger partial charge >= 0.3 is 5.97 Å². The number of rotatable bonds is 2. The third kappa shape index (κ3) is 3.22. The van der Waals surface area contributed by atoms with E-state index in [1.165, 1.54) is 32.1 Å². The molecule has 0 aliphatic carbocycles. The number of nitrogens with zero attached hydrogens (tertiary/aromatic N) is 1. The van der Waals surface area contributed by atoms with Gasteiger partial charge in [-0.2, -0.15) is 0 Å². The predicted molar refractivity (Wildman–Crippen MR) is 68.7 cm³/mol. The van der Waals surface area contributed by atoms with Crippen molar-refractivity contribution in [2.75, 3.05) is 18.0 Å². The second-order valence-electron chi connectivity index (χ2n) is 4.61. The quantitative estimate of drug-likeness (QED) is 0.853. The first-order valence-corrected chi connectivity index (χ1v) is 6.36. The maximum atomic E-state index is 10.9. The normalized spacial score (nSPS) is 17.3. The lowest BCUT2D eigenvalue weighted by Crippen LogP contribution is -2.27. The summed E-state index contributed by atoms with van der Waals surface area (Å²) in [4.78, 5) is 13.3. The summed E-state index contributed by atoms with van der Waals surface area (Å²) < 4.78 is 0. The minimum Gasteiger partial charge on any atom is -0.478 e. The monoisotopic (exact) mass is 233 g/mol. The molecule has 1 heterocycles. The molecule has 1 aliphatic heterocycles. The van der Waals surface area contributed by atoms with Gasteiger partial charge in [-0.05, 0) is 31.0 Å². The third-order valence-electron chi connectivity index (χ3n) is 3.31. The molecule has 0 spiro atoms. The molecule has 1 aliphatic rings. The van der Waals surface area contributed by atoms with Crippen LogP contribution in [0.3, 0.4) is 0 Å². The lowest BCUT2D eigenvalue weighted by molar-refractivity contribution is 0.0697. The van der Waals surface area contributed by atoms with Gasteiger partial charge in [-0.1, -0.05) is 25.3 Å². The average Bonchev–Trinajstić information content (AvgIpc) is 2.28. The van der Waals surface area contributed by atoms with E-state index in [1.807, 2.05) is 12.1 Å². The molecule has 1 N–H and O–H groups in total. The van der Waals surface area contributed by atoms with Gasteiger partial charge in [0.2, 0.25) is 0 Å². The van der Waals surface area contributed by atoms with Crippen molar-refractivity contribution >= 4 is 11.7 Å². The van der Waals surface area contributed by atoms with E-state index in [9.17, 15) is 4.79 Å². The first-order valence-electron chi connectivity index (χ1n) is 6.36. The SMILES string of the molecule is O=C(O)c1cccc(N2CCCCCCC2)c1. The molecule has 1 aromatic carbocycles. The molecule has 1 saturated heterocycles. The number of anilines is 1. The Bertz CT molecular complexity index is 382. The zero-order valence-electron chi connectivity index (χ0n) is 10.1. The van der Waals surface area contributed by atoms with E-state index in [1.54, 1.807) is 12.1 Å². The Kier molecular flexibility index (Phi) is 4.02. The second kappa shape index (κ2) is 5.71. The van der Waals surface area contributed by atoms with Crippen molar-refractivity contribution in [3.05, 3.63) is 29.8 Å². The molecule has 0 bridgehead atoms. The van der Waals surface area contributed by atoms with Crippen LogP contribution in [0.2, 0.25) is 0 Å². The van der Waals surface area contributed by atoms with Crippen LogP contribution < -0.4 is 4.90 Å². The molecular formula is C14H19NO2. The highest BCUT2D eigenvalue weighted by molar-refractivity contribution is 5.88. The van der Waals surface area contributed by atoms with E-state index < -0.39 is 5.97 Å². The predicted octanol–water partition coefficient (Wildman–Crippen LogP) is 3.16. The Balaban J connectivity index is 2.13. The zero-order valence-corrected chi connectivity index (χ0v) is 10.1. The highest BCUT2D eigenvalue weighted by Gasteiger charge is 2.11. The summed E-state index contributed by atoms with van der Waals surface area (Å²) in [5, 5.41) is 8.99. The minimum absolute atomic E-state index is 0.379. The second-order valence-corrected chi connectivity index (χ2v) is 4.61. The van der Waals surface area contributed by atoms with Crippen LogP contribution in [-0.4, -0.2) is 24.2 Å². The topological polar surface area (TPSA) is 40.5 Å². The van der Waals surface area contributed by atoms with Gasteiger partial charge in [-0.3, -0.25) is 0 Å². The summed E-state index contributed by atoms with van der Waals surface area (Å²) in [5.74, 6) is -0.848. The van der Waals surface area contributed by atoms with E-state index >= 15 is 0 Å². The van der Waals surface area contributed by atoms with Gasteiger partial charge in [0.15, 0.2) is 0 Å². The highest BCUT2D eigenvalue weighted by atomic mass is 16.4. The van der Waals surface area contributed by atoms with E-state index in [4.69, 9.17) is 5.11 Å². The largest absolute Gasteiger partial charge is 0.478 e. The average molecular weight is 233 g/mol. The molecule has 0 atom stereocenters. The molecule has 3 heteroatoms. The molecule has 1 fully saturated rings. The molecule has 17 heavy (non-hydrogen) atoms. The van der Waals surface area contributed by atoms with Crippen molar-refractivity contribution in [3.8, 4) is 0 Å². The Morgan fingerprint density at radius 1 is 1.06 bits per heavy atom. The van der Waals surface area contributed by atoms with Crippen molar-refractivity contribution in [2.24, 2.45) is 0 Å². The molecule has 0 unspecified atom stereocenters. The van der Waals surface area contributed by atoms with Crippen LogP contribution in [0.5, 0.6) is 0 Å². The third-order valence-corrected chi connectivity index (χ3v) is 3.31. The first kappa shape index (κ1) is 12.0. The summed E-state index contributed by atoms with van der Waals surface area (Å²) in [5.41, 5.74) is 1.43. The molecular weight excluding hydrogens is 214 g/mol. The smallest absolute Gasteiger partial charge is 0.335 e. The van der Waals surface area contributed by atoms with E-state index in [-0.39, 0.29) is 0 Å². The molecule has 0 saturated carbocycles. The van der Waals surface area contributed by atoms with Crippen molar-refractivity contribution < 1.29 is 9.90 Å². The van der Waals surface area contributed by atoms with Crippen molar-refractivity contribution in [2.45, 2.75) is 32.1 Å². The number of carbonyl (C=O) groups is 1. The Morgan fingerprint density at radius 3 is 2.35 bits per heavy atom. The molecule has 0 amide bonds. The number of benzene rings is 1. The highest BCUT2D eigenvalue weighted by Crippen LogP contribution is 2.20.